The molecule has 1 aliphatic rings. The maximum atomic E-state index is 13.6. The maximum absolute atomic E-state index is 13.6. The number of likely N-dealkylation sites (tertiary alicyclic amines) is 1. The zero-order valence-electron chi connectivity index (χ0n) is 15.2. The minimum absolute atomic E-state index is 0.00323. The van der Waals surface area contributed by atoms with Gasteiger partial charge in [0.15, 0.2) is 0 Å². The van der Waals surface area contributed by atoms with Crippen LogP contribution in [0.4, 0.5) is 4.39 Å². The van der Waals surface area contributed by atoms with Crippen LogP contribution in [0.25, 0.3) is 0 Å². The molecule has 1 aliphatic heterocycles. The molecule has 2 aromatic rings. The van der Waals surface area contributed by atoms with E-state index in [4.69, 9.17) is 4.42 Å². The van der Waals surface area contributed by atoms with Gasteiger partial charge in [-0.3, -0.25) is 9.69 Å². The van der Waals surface area contributed by atoms with Crippen LogP contribution < -0.4 is 5.32 Å². The number of nitrogens with one attached hydrogen (secondary N) is 1. The summed E-state index contributed by atoms with van der Waals surface area (Å²) in [6, 6.07) is 6.73. The molecule has 1 amide bonds. The van der Waals surface area contributed by atoms with Crippen molar-refractivity contribution in [2.45, 2.75) is 39.2 Å². The van der Waals surface area contributed by atoms with E-state index in [1.165, 1.54) is 6.07 Å². The highest BCUT2D eigenvalue weighted by Gasteiger charge is 2.29. The summed E-state index contributed by atoms with van der Waals surface area (Å²) >= 11 is 0. The molecule has 1 N–H and O–H groups in total. The molecular weight excluding hydrogens is 335 g/mol. The van der Waals surface area contributed by atoms with Gasteiger partial charge in [-0.05, 0) is 50.9 Å². The molecule has 0 spiro atoms. The molecule has 1 fully saturated rings. The number of halogens is 1. The first kappa shape index (κ1) is 18.5. The van der Waals surface area contributed by atoms with Crippen molar-refractivity contribution < 1.29 is 13.6 Å². The van der Waals surface area contributed by atoms with Gasteiger partial charge < -0.3 is 9.73 Å². The Labute approximate surface area is 152 Å². The van der Waals surface area contributed by atoms with E-state index in [9.17, 15) is 9.18 Å². The van der Waals surface area contributed by atoms with Gasteiger partial charge in [0, 0.05) is 19.4 Å². The number of aryl methyl sites for hydroxylation is 1. The summed E-state index contributed by atoms with van der Waals surface area (Å²) in [4.78, 5) is 14.6. The van der Waals surface area contributed by atoms with Crippen LogP contribution in [0, 0.1) is 18.7 Å². The first-order valence-electron chi connectivity index (χ1n) is 9.09. The van der Waals surface area contributed by atoms with Crippen LogP contribution in [-0.4, -0.2) is 40.6 Å². The van der Waals surface area contributed by atoms with Crippen molar-refractivity contribution in [2.24, 2.45) is 5.92 Å². The monoisotopic (exact) mass is 360 g/mol. The van der Waals surface area contributed by atoms with Crippen LogP contribution >= 0.6 is 0 Å². The van der Waals surface area contributed by atoms with Crippen molar-refractivity contribution in [1.82, 2.24) is 20.4 Å². The SMILES string of the molecule is Cc1nnc(C(C)N2CCC(C(=O)NCCc3ccccc3F)CC2)o1. The summed E-state index contributed by atoms with van der Waals surface area (Å²) in [5.74, 6) is 1.03. The molecule has 0 saturated carbocycles. The zero-order valence-corrected chi connectivity index (χ0v) is 15.2. The van der Waals surface area contributed by atoms with E-state index in [0.29, 0.717) is 30.3 Å². The van der Waals surface area contributed by atoms with E-state index in [1.807, 2.05) is 13.0 Å². The Kier molecular flexibility index (Phi) is 5.98. The van der Waals surface area contributed by atoms with Crippen LogP contribution in [0.15, 0.2) is 28.7 Å². The van der Waals surface area contributed by atoms with E-state index >= 15 is 0 Å². The standard InChI is InChI=1S/C19H25FN4O2/c1-13(19-23-22-14(2)26-19)24-11-8-16(9-12-24)18(25)21-10-7-15-5-3-4-6-17(15)20/h3-6,13,16H,7-12H2,1-2H3,(H,21,25). The van der Waals surface area contributed by atoms with Gasteiger partial charge >= 0.3 is 0 Å². The Balaban J connectivity index is 1.42. The lowest BCUT2D eigenvalue weighted by Crippen LogP contribution is -2.41. The lowest BCUT2D eigenvalue weighted by atomic mass is 9.95. The Morgan fingerprint density at radius 3 is 2.73 bits per heavy atom. The van der Waals surface area contributed by atoms with E-state index in [0.717, 1.165) is 25.9 Å². The molecule has 1 unspecified atom stereocenters. The number of carbonyl (C=O) groups is 1. The summed E-state index contributed by atoms with van der Waals surface area (Å²) in [6.45, 7) is 5.91. The van der Waals surface area contributed by atoms with E-state index < -0.39 is 0 Å². The molecule has 0 bridgehead atoms. The fraction of sp³-hybridized carbons (Fsp3) is 0.526. The van der Waals surface area contributed by atoms with Crippen molar-refractivity contribution in [3.8, 4) is 0 Å². The summed E-state index contributed by atoms with van der Waals surface area (Å²) in [5.41, 5.74) is 0.631. The number of hydrogen-bond acceptors (Lipinski definition) is 5. The molecule has 1 aromatic heterocycles. The van der Waals surface area contributed by atoms with Crippen LogP contribution in [0.5, 0.6) is 0 Å². The third-order valence-corrected chi connectivity index (χ3v) is 5.00. The van der Waals surface area contributed by atoms with Gasteiger partial charge in [-0.15, -0.1) is 10.2 Å². The molecule has 0 radical (unpaired) electrons. The number of hydrogen-bond donors (Lipinski definition) is 1. The highest BCUT2D eigenvalue weighted by Crippen LogP contribution is 2.26. The molecule has 1 atom stereocenters. The fourth-order valence-electron chi connectivity index (χ4n) is 3.35. The summed E-state index contributed by atoms with van der Waals surface area (Å²) < 4.78 is 19.1. The molecule has 1 saturated heterocycles. The van der Waals surface area contributed by atoms with Crippen molar-refractivity contribution in [3.63, 3.8) is 0 Å². The summed E-state index contributed by atoms with van der Waals surface area (Å²) in [6.07, 6.45) is 2.09. The molecule has 3 rings (SSSR count). The number of piperidine rings is 1. The fourth-order valence-corrected chi connectivity index (χ4v) is 3.35. The van der Waals surface area contributed by atoms with E-state index in [2.05, 4.69) is 20.4 Å². The molecule has 26 heavy (non-hydrogen) atoms. The third-order valence-electron chi connectivity index (χ3n) is 5.00. The van der Waals surface area contributed by atoms with Crippen molar-refractivity contribution >= 4 is 5.91 Å². The Morgan fingerprint density at radius 1 is 1.35 bits per heavy atom. The smallest absolute Gasteiger partial charge is 0.233 e. The number of aromatic nitrogens is 2. The quantitative estimate of drug-likeness (QED) is 0.857. The van der Waals surface area contributed by atoms with E-state index in [-0.39, 0.29) is 23.7 Å². The summed E-state index contributed by atoms with van der Waals surface area (Å²) in [7, 11) is 0. The zero-order chi connectivity index (χ0) is 18.5. The first-order chi connectivity index (χ1) is 12.5. The minimum Gasteiger partial charge on any atom is -0.424 e. The highest BCUT2D eigenvalue weighted by molar-refractivity contribution is 5.78. The average molecular weight is 360 g/mol. The van der Waals surface area contributed by atoms with Crippen LogP contribution in [0.2, 0.25) is 0 Å². The van der Waals surface area contributed by atoms with Gasteiger partial charge in [-0.25, -0.2) is 4.39 Å². The predicted molar refractivity (Wildman–Crippen MR) is 94.9 cm³/mol. The van der Waals surface area contributed by atoms with Gasteiger partial charge in [0.1, 0.15) is 5.82 Å². The Morgan fingerprint density at radius 2 is 2.08 bits per heavy atom. The minimum atomic E-state index is -0.222. The lowest BCUT2D eigenvalue weighted by Gasteiger charge is -2.34. The number of rotatable bonds is 6. The molecule has 140 valence electrons. The maximum Gasteiger partial charge on any atom is 0.233 e. The largest absolute Gasteiger partial charge is 0.424 e. The molecule has 1 aromatic carbocycles. The number of amides is 1. The van der Waals surface area contributed by atoms with E-state index in [1.54, 1.807) is 19.1 Å². The number of carbonyl (C=O) groups excluding carboxylic acids is 1. The number of nitrogens with zero attached hydrogens (tertiary/aromatic N) is 3. The first-order valence-corrected chi connectivity index (χ1v) is 9.09. The number of benzene rings is 1. The highest BCUT2D eigenvalue weighted by atomic mass is 19.1. The van der Waals surface area contributed by atoms with Crippen molar-refractivity contribution in [3.05, 3.63) is 47.4 Å². The van der Waals surface area contributed by atoms with Crippen LogP contribution in [-0.2, 0) is 11.2 Å². The Bertz CT molecular complexity index is 741. The van der Waals surface area contributed by atoms with Gasteiger partial charge in [0.2, 0.25) is 17.7 Å². The predicted octanol–water partition coefficient (Wildman–Crippen LogP) is 2.65. The topological polar surface area (TPSA) is 71.3 Å². The third kappa shape index (κ3) is 4.46. The van der Waals surface area contributed by atoms with Crippen LogP contribution in [0.1, 0.15) is 43.2 Å². The molecule has 7 heteroatoms. The molecule has 0 aliphatic carbocycles. The van der Waals surface area contributed by atoms with Gasteiger partial charge in [-0.1, -0.05) is 18.2 Å². The van der Waals surface area contributed by atoms with Gasteiger partial charge in [0.25, 0.3) is 0 Å². The molecule has 6 nitrogen and oxygen atoms in total. The van der Waals surface area contributed by atoms with Crippen molar-refractivity contribution in [1.29, 1.82) is 0 Å². The lowest BCUT2D eigenvalue weighted by molar-refractivity contribution is -0.126. The molecular formula is C19H25FN4O2. The molecule has 2 heterocycles. The average Bonchev–Trinajstić information content (AvgIpc) is 3.09. The summed E-state index contributed by atoms with van der Waals surface area (Å²) in [5, 5.41) is 10.9. The normalized spacial score (nSPS) is 17.2. The Hall–Kier alpha value is -2.28. The van der Waals surface area contributed by atoms with Crippen LogP contribution in [0.3, 0.4) is 0 Å². The van der Waals surface area contributed by atoms with Gasteiger partial charge in [-0.2, -0.15) is 0 Å². The van der Waals surface area contributed by atoms with Gasteiger partial charge in [0.05, 0.1) is 6.04 Å². The second-order valence-corrected chi connectivity index (χ2v) is 6.78. The second kappa shape index (κ2) is 8.40. The second-order valence-electron chi connectivity index (χ2n) is 6.78. The van der Waals surface area contributed by atoms with Crippen molar-refractivity contribution in [2.75, 3.05) is 19.6 Å².